The Bertz CT molecular complexity index is 1210. The van der Waals surface area contributed by atoms with Crippen molar-refractivity contribution in [2.75, 3.05) is 26.4 Å². The summed E-state index contributed by atoms with van der Waals surface area (Å²) in [7, 11) is 0. The van der Waals surface area contributed by atoms with Crippen molar-refractivity contribution >= 4 is 28.3 Å². The number of aliphatic hydroxyl groups is 1. The van der Waals surface area contributed by atoms with E-state index in [4.69, 9.17) is 21.1 Å². The summed E-state index contributed by atoms with van der Waals surface area (Å²) in [5, 5.41) is 10.7. The predicted molar refractivity (Wildman–Crippen MR) is 118 cm³/mol. The topological polar surface area (TPSA) is 91.9 Å². The molecule has 0 radical (unpaired) electrons. The van der Waals surface area contributed by atoms with Gasteiger partial charge in [-0.2, -0.15) is 0 Å². The van der Waals surface area contributed by atoms with E-state index < -0.39 is 18.0 Å². The average Bonchev–Trinajstić information content (AvgIpc) is 2.79. The molecular weight excluding hydrogens is 439 g/mol. The first-order valence-electron chi connectivity index (χ1n) is 10.2. The number of H-pyrrole nitrogens is 1. The quantitative estimate of drug-likeness (QED) is 0.610. The summed E-state index contributed by atoms with van der Waals surface area (Å²) >= 11 is 6.21. The summed E-state index contributed by atoms with van der Waals surface area (Å²) < 4.78 is 24.6. The molecule has 1 aliphatic heterocycles. The first-order chi connectivity index (χ1) is 15.4. The van der Waals surface area contributed by atoms with Crippen LogP contribution in [0.25, 0.3) is 21.9 Å². The molecule has 7 nitrogen and oxygen atoms in total. The Kier molecular flexibility index (Phi) is 6.45. The molecule has 0 saturated carbocycles. The van der Waals surface area contributed by atoms with Crippen LogP contribution in [0, 0.1) is 5.82 Å². The molecule has 2 atom stereocenters. The molecule has 9 heteroatoms. The van der Waals surface area contributed by atoms with Gasteiger partial charge in [0.05, 0.1) is 36.3 Å². The third kappa shape index (κ3) is 4.34. The van der Waals surface area contributed by atoms with Gasteiger partial charge in [-0.25, -0.2) is 4.39 Å². The van der Waals surface area contributed by atoms with E-state index >= 15 is 0 Å². The number of carbonyl (C=O) groups excluding carboxylic acids is 1. The van der Waals surface area contributed by atoms with Crippen LogP contribution < -0.4 is 10.3 Å². The molecule has 0 bridgehead atoms. The van der Waals surface area contributed by atoms with E-state index in [-0.39, 0.29) is 29.7 Å². The molecule has 4 rings (SSSR count). The molecule has 0 aliphatic carbocycles. The van der Waals surface area contributed by atoms with Gasteiger partial charge in [-0.3, -0.25) is 9.59 Å². The van der Waals surface area contributed by atoms with E-state index in [1.54, 1.807) is 36.1 Å². The molecule has 1 amide bonds. The van der Waals surface area contributed by atoms with Crippen molar-refractivity contribution in [3.05, 3.63) is 63.8 Å². The maximum absolute atomic E-state index is 13.5. The van der Waals surface area contributed by atoms with Gasteiger partial charge >= 0.3 is 0 Å². The lowest BCUT2D eigenvalue weighted by atomic mass is 10.0. The number of carbonyl (C=O) groups is 1. The summed E-state index contributed by atoms with van der Waals surface area (Å²) in [6.45, 7) is 2.47. The standard InChI is InChI=1S/C23H22ClFN2O5/c1-13(23(30)27-6-7-31-12-15(27)11-28)32-16-3-5-17-19(9-16)22(29)26-10-20(17)18-4-2-14(25)8-21(18)24/h2-5,8-10,13,15,28H,6-7,11-12H2,1H3,(H,26,29)/t13-,15+/m1/s1. The minimum Gasteiger partial charge on any atom is -0.481 e. The van der Waals surface area contributed by atoms with Crippen LogP contribution >= 0.6 is 11.6 Å². The average molecular weight is 461 g/mol. The molecule has 2 N–H and O–H groups in total. The number of aliphatic hydroxyl groups excluding tert-OH is 1. The summed E-state index contributed by atoms with van der Waals surface area (Å²) in [6, 6.07) is 8.58. The number of rotatable bonds is 5. The number of halogens is 2. The van der Waals surface area contributed by atoms with E-state index in [1.807, 2.05) is 0 Å². The molecule has 1 aromatic heterocycles. The summed E-state index contributed by atoms with van der Waals surface area (Å²) in [5.41, 5.74) is 0.883. The first kappa shape index (κ1) is 22.3. The number of aromatic nitrogens is 1. The summed E-state index contributed by atoms with van der Waals surface area (Å²) in [6.07, 6.45) is 0.706. The number of nitrogens with zero attached hydrogens (tertiary/aromatic N) is 1. The highest BCUT2D eigenvalue weighted by Crippen LogP contribution is 2.33. The highest BCUT2D eigenvalue weighted by Gasteiger charge is 2.30. The number of ether oxygens (including phenoxy) is 2. The normalized spacial score (nSPS) is 17.4. The number of aromatic amines is 1. The second-order valence-corrected chi connectivity index (χ2v) is 7.97. The minimum atomic E-state index is -0.826. The van der Waals surface area contributed by atoms with Gasteiger partial charge in [-0.1, -0.05) is 11.6 Å². The Labute approximate surface area is 188 Å². The van der Waals surface area contributed by atoms with E-state index in [1.165, 1.54) is 18.3 Å². The number of hydrogen-bond acceptors (Lipinski definition) is 5. The molecule has 2 heterocycles. The van der Waals surface area contributed by atoms with Crippen molar-refractivity contribution in [3.8, 4) is 16.9 Å². The molecule has 2 aromatic carbocycles. The van der Waals surface area contributed by atoms with Crippen LogP contribution in [0.1, 0.15) is 6.92 Å². The van der Waals surface area contributed by atoms with Crippen molar-refractivity contribution in [1.82, 2.24) is 9.88 Å². The number of fused-ring (bicyclic) bond motifs is 1. The molecule has 168 valence electrons. The summed E-state index contributed by atoms with van der Waals surface area (Å²) in [4.78, 5) is 29.5. The Morgan fingerprint density at radius 3 is 2.88 bits per heavy atom. The van der Waals surface area contributed by atoms with Gasteiger partial charge in [0.1, 0.15) is 11.6 Å². The molecule has 32 heavy (non-hydrogen) atoms. The highest BCUT2D eigenvalue weighted by molar-refractivity contribution is 6.33. The fourth-order valence-electron chi connectivity index (χ4n) is 3.83. The second kappa shape index (κ2) is 9.28. The van der Waals surface area contributed by atoms with Gasteiger partial charge in [0.2, 0.25) is 0 Å². The predicted octanol–water partition coefficient (Wildman–Crippen LogP) is 2.97. The Balaban J connectivity index is 1.63. The van der Waals surface area contributed by atoms with Crippen LogP contribution in [0.2, 0.25) is 5.02 Å². The van der Waals surface area contributed by atoms with E-state index in [0.29, 0.717) is 40.8 Å². The number of pyridine rings is 1. The Hall–Kier alpha value is -2.94. The van der Waals surface area contributed by atoms with E-state index in [2.05, 4.69) is 4.98 Å². The molecule has 1 aliphatic rings. The van der Waals surface area contributed by atoms with Gasteiger partial charge in [-0.15, -0.1) is 0 Å². The lowest BCUT2D eigenvalue weighted by Gasteiger charge is -2.35. The van der Waals surface area contributed by atoms with Crippen LogP contribution in [0.3, 0.4) is 0 Å². The van der Waals surface area contributed by atoms with Crippen LogP contribution in [-0.2, 0) is 9.53 Å². The smallest absolute Gasteiger partial charge is 0.263 e. The summed E-state index contributed by atoms with van der Waals surface area (Å²) in [5.74, 6) is -0.376. The van der Waals surface area contributed by atoms with Crippen molar-refractivity contribution in [3.63, 3.8) is 0 Å². The van der Waals surface area contributed by atoms with E-state index in [9.17, 15) is 19.1 Å². The van der Waals surface area contributed by atoms with Crippen molar-refractivity contribution in [2.24, 2.45) is 0 Å². The second-order valence-electron chi connectivity index (χ2n) is 7.57. The molecule has 0 unspecified atom stereocenters. The van der Waals surface area contributed by atoms with Crippen LogP contribution in [-0.4, -0.2) is 59.4 Å². The van der Waals surface area contributed by atoms with Crippen LogP contribution in [0.4, 0.5) is 4.39 Å². The minimum absolute atomic E-state index is 0.196. The third-order valence-electron chi connectivity index (χ3n) is 5.48. The number of benzene rings is 2. The number of nitrogens with one attached hydrogen (secondary N) is 1. The molecular formula is C23H22ClFN2O5. The Morgan fingerprint density at radius 1 is 1.31 bits per heavy atom. The highest BCUT2D eigenvalue weighted by atomic mass is 35.5. The Morgan fingerprint density at radius 2 is 2.12 bits per heavy atom. The zero-order valence-electron chi connectivity index (χ0n) is 17.3. The molecule has 1 fully saturated rings. The fraction of sp³-hybridized carbons (Fsp3) is 0.304. The van der Waals surface area contributed by atoms with Gasteiger partial charge < -0.3 is 24.5 Å². The SMILES string of the molecule is C[C@@H](Oc1ccc2c(-c3ccc(F)cc3Cl)c[nH]c(=O)c2c1)C(=O)N1CCOC[C@@H]1CO. The molecule has 0 spiro atoms. The maximum Gasteiger partial charge on any atom is 0.263 e. The largest absolute Gasteiger partial charge is 0.481 e. The fourth-order valence-corrected chi connectivity index (χ4v) is 4.10. The zero-order valence-corrected chi connectivity index (χ0v) is 18.1. The van der Waals surface area contributed by atoms with Gasteiger partial charge in [0, 0.05) is 23.9 Å². The van der Waals surface area contributed by atoms with Gasteiger partial charge in [0.25, 0.3) is 11.5 Å². The number of morpholine rings is 1. The van der Waals surface area contributed by atoms with Gasteiger partial charge in [0.15, 0.2) is 6.10 Å². The molecule has 1 saturated heterocycles. The van der Waals surface area contributed by atoms with Crippen molar-refractivity contribution < 1.29 is 23.8 Å². The molecule has 3 aromatic rings. The van der Waals surface area contributed by atoms with Crippen molar-refractivity contribution in [1.29, 1.82) is 0 Å². The van der Waals surface area contributed by atoms with Crippen LogP contribution in [0.5, 0.6) is 5.75 Å². The lowest BCUT2D eigenvalue weighted by molar-refractivity contribution is -0.148. The first-order valence-corrected chi connectivity index (χ1v) is 10.5. The lowest BCUT2D eigenvalue weighted by Crippen LogP contribution is -2.54. The van der Waals surface area contributed by atoms with Crippen LogP contribution in [0.15, 0.2) is 47.4 Å². The zero-order chi connectivity index (χ0) is 22.8. The van der Waals surface area contributed by atoms with Crippen molar-refractivity contribution in [2.45, 2.75) is 19.1 Å². The van der Waals surface area contributed by atoms with E-state index in [0.717, 1.165) is 0 Å². The number of amides is 1. The number of hydrogen-bond donors (Lipinski definition) is 2. The third-order valence-corrected chi connectivity index (χ3v) is 5.79. The van der Waals surface area contributed by atoms with Gasteiger partial charge in [-0.05, 0) is 48.7 Å². The maximum atomic E-state index is 13.5. The monoisotopic (exact) mass is 460 g/mol.